The second-order valence-corrected chi connectivity index (χ2v) is 6.24. The summed E-state index contributed by atoms with van der Waals surface area (Å²) in [6.07, 6.45) is 0. The van der Waals surface area contributed by atoms with Gasteiger partial charge in [0.25, 0.3) is 11.8 Å². The lowest BCUT2D eigenvalue weighted by molar-refractivity contribution is -0.119. The largest absolute Gasteiger partial charge is 0.450 e. The molecule has 8 heteroatoms. The van der Waals surface area contributed by atoms with E-state index in [9.17, 15) is 18.8 Å². The number of rotatable bonds is 7. The number of furan rings is 1. The van der Waals surface area contributed by atoms with Crippen molar-refractivity contribution in [3.63, 3.8) is 0 Å². The number of benzene rings is 2. The number of amides is 2. The number of carbonyl (C=O) groups is 3. The van der Waals surface area contributed by atoms with Gasteiger partial charge in [0, 0.05) is 23.4 Å². The lowest BCUT2D eigenvalue weighted by Gasteiger charge is -2.08. The Morgan fingerprint density at radius 2 is 1.80 bits per heavy atom. The highest BCUT2D eigenvalue weighted by Gasteiger charge is 2.16. The van der Waals surface area contributed by atoms with Crippen LogP contribution in [0.2, 0.25) is 0 Å². The fourth-order valence-electron chi connectivity index (χ4n) is 2.62. The summed E-state index contributed by atoms with van der Waals surface area (Å²) in [5, 5.41) is 5.23. The van der Waals surface area contributed by atoms with Crippen LogP contribution >= 0.6 is 0 Å². The third kappa shape index (κ3) is 5.32. The highest BCUT2D eigenvalue weighted by molar-refractivity contribution is 5.98. The molecule has 7 nitrogen and oxygen atoms in total. The number of halogens is 1. The normalized spacial score (nSPS) is 10.3. The van der Waals surface area contributed by atoms with E-state index in [2.05, 4.69) is 10.6 Å². The van der Waals surface area contributed by atoms with Crippen molar-refractivity contribution in [3.05, 3.63) is 77.8 Å². The zero-order valence-corrected chi connectivity index (χ0v) is 16.1. The molecule has 154 valence electrons. The first kappa shape index (κ1) is 20.8. The van der Waals surface area contributed by atoms with Crippen molar-refractivity contribution in [1.29, 1.82) is 0 Å². The molecule has 0 aliphatic rings. The van der Waals surface area contributed by atoms with Crippen LogP contribution in [0.25, 0.3) is 11.3 Å². The number of hydrogen-bond donors (Lipinski definition) is 2. The van der Waals surface area contributed by atoms with Crippen molar-refractivity contribution in [2.75, 3.05) is 18.5 Å². The maximum atomic E-state index is 13.0. The minimum absolute atomic E-state index is 0.0830. The molecule has 0 spiro atoms. The van der Waals surface area contributed by atoms with Crippen molar-refractivity contribution in [3.8, 4) is 11.3 Å². The van der Waals surface area contributed by atoms with Crippen LogP contribution in [0.4, 0.5) is 10.1 Å². The van der Waals surface area contributed by atoms with E-state index >= 15 is 0 Å². The van der Waals surface area contributed by atoms with Gasteiger partial charge in [0.05, 0.1) is 0 Å². The van der Waals surface area contributed by atoms with E-state index in [1.54, 1.807) is 31.2 Å². The summed E-state index contributed by atoms with van der Waals surface area (Å²) in [6, 6.07) is 14.9. The Balaban J connectivity index is 1.55. The number of hydrogen-bond acceptors (Lipinski definition) is 5. The van der Waals surface area contributed by atoms with Gasteiger partial charge in [0.1, 0.15) is 11.6 Å². The van der Waals surface area contributed by atoms with Crippen molar-refractivity contribution in [2.45, 2.75) is 6.92 Å². The number of esters is 1. The smallest absolute Gasteiger partial charge is 0.374 e. The summed E-state index contributed by atoms with van der Waals surface area (Å²) < 4.78 is 23.4. The fraction of sp³-hybridized carbons (Fsp3) is 0.136. The number of nitrogens with one attached hydrogen (secondary N) is 2. The molecule has 0 fully saturated rings. The molecule has 0 atom stereocenters. The number of anilines is 1. The van der Waals surface area contributed by atoms with Crippen LogP contribution in [0.1, 0.15) is 27.8 Å². The Kier molecular flexibility index (Phi) is 6.59. The molecule has 3 rings (SSSR count). The summed E-state index contributed by atoms with van der Waals surface area (Å²) in [5.74, 6) is -1.73. The van der Waals surface area contributed by atoms with Gasteiger partial charge in [-0.25, -0.2) is 9.18 Å². The van der Waals surface area contributed by atoms with Crippen LogP contribution in [0.3, 0.4) is 0 Å². The van der Waals surface area contributed by atoms with Gasteiger partial charge in [0.2, 0.25) is 5.76 Å². The molecule has 0 saturated carbocycles. The van der Waals surface area contributed by atoms with Crippen LogP contribution in [0.5, 0.6) is 0 Å². The Morgan fingerprint density at radius 3 is 2.53 bits per heavy atom. The van der Waals surface area contributed by atoms with Crippen molar-refractivity contribution in [2.24, 2.45) is 0 Å². The van der Waals surface area contributed by atoms with E-state index in [-0.39, 0.29) is 17.5 Å². The molecule has 0 unspecified atom stereocenters. The molecule has 0 saturated heterocycles. The predicted molar refractivity (Wildman–Crippen MR) is 107 cm³/mol. The average Bonchev–Trinajstić information content (AvgIpc) is 3.23. The van der Waals surface area contributed by atoms with E-state index in [0.29, 0.717) is 29.1 Å². The number of ether oxygens (including phenoxy) is 1. The van der Waals surface area contributed by atoms with E-state index in [4.69, 9.17) is 9.15 Å². The molecular formula is C22H19FN2O5. The zero-order chi connectivity index (χ0) is 21.5. The van der Waals surface area contributed by atoms with Crippen molar-refractivity contribution in [1.82, 2.24) is 5.32 Å². The molecular weight excluding hydrogens is 391 g/mol. The summed E-state index contributed by atoms with van der Waals surface area (Å²) in [5.41, 5.74) is 1.40. The fourth-order valence-corrected chi connectivity index (χ4v) is 2.62. The molecule has 0 bridgehead atoms. The molecule has 2 aromatic carbocycles. The van der Waals surface area contributed by atoms with E-state index in [1.807, 2.05) is 0 Å². The second-order valence-electron chi connectivity index (χ2n) is 6.24. The van der Waals surface area contributed by atoms with Crippen LogP contribution < -0.4 is 10.6 Å². The van der Waals surface area contributed by atoms with Crippen LogP contribution in [0.15, 0.2) is 65.1 Å². The molecule has 0 aliphatic heterocycles. The molecule has 1 heterocycles. The third-order valence-corrected chi connectivity index (χ3v) is 4.02. The van der Waals surface area contributed by atoms with E-state index < -0.39 is 18.5 Å². The monoisotopic (exact) mass is 410 g/mol. The highest BCUT2D eigenvalue weighted by Crippen LogP contribution is 2.22. The van der Waals surface area contributed by atoms with Crippen LogP contribution in [0, 0.1) is 5.82 Å². The zero-order valence-electron chi connectivity index (χ0n) is 16.1. The van der Waals surface area contributed by atoms with Gasteiger partial charge in [-0.1, -0.05) is 6.07 Å². The van der Waals surface area contributed by atoms with Gasteiger partial charge in [-0.3, -0.25) is 9.59 Å². The standard InChI is InChI=1S/C22H19FN2O5/c1-2-24-21(27)15-4-3-5-17(12-15)25-20(26)13-29-22(28)19-11-10-18(30-19)14-6-8-16(23)9-7-14/h3-12H,2,13H2,1H3,(H,24,27)(H,25,26). The molecule has 3 aromatic rings. The first-order chi connectivity index (χ1) is 14.5. The van der Waals surface area contributed by atoms with Gasteiger partial charge < -0.3 is 19.8 Å². The molecule has 0 radical (unpaired) electrons. The summed E-state index contributed by atoms with van der Waals surface area (Å²) in [6.45, 7) is 1.76. The van der Waals surface area contributed by atoms with Gasteiger partial charge in [0.15, 0.2) is 6.61 Å². The van der Waals surface area contributed by atoms with Gasteiger partial charge in [-0.05, 0) is 61.5 Å². The highest BCUT2D eigenvalue weighted by atomic mass is 19.1. The Morgan fingerprint density at radius 1 is 1.03 bits per heavy atom. The van der Waals surface area contributed by atoms with Gasteiger partial charge >= 0.3 is 5.97 Å². The average molecular weight is 410 g/mol. The summed E-state index contributed by atoms with van der Waals surface area (Å²) in [4.78, 5) is 36.0. The minimum Gasteiger partial charge on any atom is -0.450 e. The second kappa shape index (κ2) is 9.51. The maximum Gasteiger partial charge on any atom is 0.374 e. The van der Waals surface area contributed by atoms with Crippen molar-refractivity contribution >= 4 is 23.5 Å². The van der Waals surface area contributed by atoms with Gasteiger partial charge in [-0.15, -0.1) is 0 Å². The Hall–Kier alpha value is -3.94. The quantitative estimate of drug-likeness (QED) is 0.580. The summed E-state index contributed by atoms with van der Waals surface area (Å²) in [7, 11) is 0. The molecule has 2 N–H and O–H groups in total. The Labute approximate surface area is 171 Å². The Bertz CT molecular complexity index is 1060. The van der Waals surface area contributed by atoms with E-state index in [1.165, 1.54) is 36.4 Å². The van der Waals surface area contributed by atoms with E-state index in [0.717, 1.165) is 0 Å². The predicted octanol–water partition coefficient (Wildman–Crippen LogP) is 3.63. The first-order valence-electron chi connectivity index (χ1n) is 9.17. The lowest BCUT2D eigenvalue weighted by atomic mass is 10.2. The molecule has 0 aliphatic carbocycles. The molecule has 2 amide bonds. The third-order valence-electron chi connectivity index (χ3n) is 4.02. The summed E-state index contributed by atoms with van der Waals surface area (Å²) >= 11 is 0. The first-order valence-corrected chi connectivity index (χ1v) is 9.17. The number of carbonyl (C=O) groups excluding carboxylic acids is 3. The SMILES string of the molecule is CCNC(=O)c1cccc(NC(=O)COC(=O)c2ccc(-c3ccc(F)cc3)o2)c1. The molecule has 1 aromatic heterocycles. The minimum atomic E-state index is -0.811. The van der Waals surface area contributed by atoms with Crippen LogP contribution in [-0.2, 0) is 9.53 Å². The molecule has 30 heavy (non-hydrogen) atoms. The topological polar surface area (TPSA) is 97.6 Å². The van der Waals surface area contributed by atoms with Crippen LogP contribution in [-0.4, -0.2) is 30.9 Å². The lowest BCUT2D eigenvalue weighted by Crippen LogP contribution is -2.23. The van der Waals surface area contributed by atoms with Gasteiger partial charge in [-0.2, -0.15) is 0 Å². The van der Waals surface area contributed by atoms with Crippen molar-refractivity contribution < 1.29 is 27.9 Å². The maximum absolute atomic E-state index is 13.0.